The summed E-state index contributed by atoms with van der Waals surface area (Å²) in [4.78, 5) is 25.4. The number of carbonyl (C=O) groups is 2. The summed E-state index contributed by atoms with van der Waals surface area (Å²) in [6, 6.07) is 7.07. The molecule has 1 aliphatic rings. The number of para-hydroxylation sites is 1. The number of carboxylic acid groups (broad SMARTS) is 1. The molecule has 2 rings (SSSR count). The van der Waals surface area contributed by atoms with Crippen molar-refractivity contribution >= 4 is 29.3 Å². The van der Waals surface area contributed by atoms with Gasteiger partial charge in [-0.2, -0.15) is 13.2 Å². The minimum absolute atomic E-state index is 0.295. The van der Waals surface area contributed by atoms with E-state index in [-0.39, 0.29) is 13.1 Å². The SMILES string of the molecule is C=CCSc1ccccc1NC(=O)CN1C[C@@H](C(F)(F)F)[C@H](C(=O)O)C1. The molecule has 0 spiro atoms. The standard InChI is InChI=1S/C17H19F3N2O3S/c1-2-7-26-14-6-4-3-5-13(14)21-15(23)10-22-8-11(16(24)25)12(9-22)17(18,19)20/h2-6,11-12H,1,7-10H2,(H,21,23)(H,24,25)/t11-,12-/m1/s1. The lowest BCUT2D eigenvalue weighted by Gasteiger charge is -2.18. The Hall–Kier alpha value is -2.00. The molecule has 26 heavy (non-hydrogen) atoms. The number of anilines is 1. The Balaban J connectivity index is 2.00. The van der Waals surface area contributed by atoms with Crippen LogP contribution in [0.1, 0.15) is 0 Å². The van der Waals surface area contributed by atoms with Crippen LogP contribution in [0.3, 0.4) is 0 Å². The van der Waals surface area contributed by atoms with Crippen LogP contribution in [-0.2, 0) is 9.59 Å². The molecule has 1 heterocycles. The molecule has 5 nitrogen and oxygen atoms in total. The zero-order chi connectivity index (χ0) is 19.3. The highest BCUT2D eigenvalue weighted by atomic mass is 32.2. The maximum absolute atomic E-state index is 13.0. The van der Waals surface area contributed by atoms with Crippen molar-refractivity contribution in [3.05, 3.63) is 36.9 Å². The number of alkyl halides is 3. The zero-order valence-electron chi connectivity index (χ0n) is 13.8. The monoisotopic (exact) mass is 388 g/mol. The van der Waals surface area contributed by atoms with E-state index in [9.17, 15) is 22.8 Å². The quantitative estimate of drug-likeness (QED) is 0.555. The molecule has 9 heteroatoms. The molecule has 1 saturated heterocycles. The molecule has 0 unspecified atom stereocenters. The van der Waals surface area contributed by atoms with Gasteiger partial charge in [0.05, 0.1) is 24.1 Å². The molecular weight excluding hydrogens is 369 g/mol. The molecule has 1 aromatic rings. The number of amides is 1. The van der Waals surface area contributed by atoms with E-state index in [1.165, 1.54) is 16.7 Å². The maximum Gasteiger partial charge on any atom is 0.393 e. The Morgan fingerprint density at radius 2 is 2.04 bits per heavy atom. The first-order valence-corrected chi connectivity index (χ1v) is 8.85. The fourth-order valence-electron chi connectivity index (χ4n) is 2.83. The van der Waals surface area contributed by atoms with Crippen molar-refractivity contribution in [1.82, 2.24) is 4.90 Å². The van der Waals surface area contributed by atoms with Crippen molar-refractivity contribution in [2.75, 3.05) is 30.7 Å². The third-order valence-electron chi connectivity index (χ3n) is 4.02. The third kappa shape index (κ3) is 5.25. The average molecular weight is 388 g/mol. The second-order valence-corrected chi connectivity index (χ2v) is 6.99. The number of hydrogen-bond donors (Lipinski definition) is 2. The Kier molecular flexibility index (Phi) is 6.71. The van der Waals surface area contributed by atoms with Crippen LogP contribution >= 0.6 is 11.8 Å². The molecule has 1 fully saturated rings. The zero-order valence-corrected chi connectivity index (χ0v) is 14.6. The van der Waals surface area contributed by atoms with Crippen LogP contribution in [0, 0.1) is 11.8 Å². The number of benzene rings is 1. The van der Waals surface area contributed by atoms with E-state index >= 15 is 0 Å². The van der Waals surface area contributed by atoms with Gasteiger partial charge >= 0.3 is 12.1 Å². The van der Waals surface area contributed by atoms with Crippen LogP contribution in [0.4, 0.5) is 18.9 Å². The summed E-state index contributed by atoms with van der Waals surface area (Å²) in [6.45, 7) is 2.53. The number of aliphatic carboxylic acids is 1. The Morgan fingerprint density at radius 1 is 1.35 bits per heavy atom. The van der Waals surface area contributed by atoms with Gasteiger partial charge in [0.2, 0.25) is 5.91 Å². The second-order valence-electron chi connectivity index (χ2n) is 5.93. The average Bonchev–Trinajstić information content (AvgIpc) is 2.98. The molecule has 0 radical (unpaired) electrons. The summed E-state index contributed by atoms with van der Waals surface area (Å²) in [5.74, 6) is -4.86. The fraction of sp³-hybridized carbons (Fsp3) is 0.412. The van der Waals surface area contributed by atoms with Gasteiger partial charge in [-0.05, 0) is 12.1 Å². The minimum Gasteiger partial charge on any atom is -0.481 e. The number of carboxylic acids is 1. The van der Waals surface area contributed by atoms with Crippen molar-refractivity contribution in [2.45, 2.75) is 11.1 Å². The number of carbonyl (C=O) groups excluding carboxylic acids is 1. The first-order chi connectivity index (χ1) is 12.2. The molecule has 142 valence electrons. The van der Waals surface area contributed by atoms with E-state index in [2.05, 4.69) is 11.9 Å². The topological polar surface area (TPSA) is 69.6 Å². The molecule has 0 bridgehead atoms. The lowest BCUT2D eigenvalue weighted by atomic mass is 9.96. The number of thioether (sulfide) groups is 1. The number of halogens is 3. The molecule has 1 amide bonds. The second kappa shape index (κ2) is 8.59. The van der Waals surface area contributed by atoms with Crippen molar-refractivity contribution in [3.63, 3.8) is 0 Å². The van der Waals surface area contributed by atoms with Crippen molar-refractivity contribution in [2.24, 2.45) is 11.8 Å². The molecule has 1 aliphatic heterocycles. The van der Waals surface area contributed by atoms with Crippen molar-refractivity contribution in [1.29, 1.82) is 0 Å². The van der Waals surface area contributed by atoms with Gasteiger partial charge in [-0.1, -0.05) is 18.2 Å². The fourth-order valence-corrected chi connectivity index (χ4v) is 3.58. The molecular formula is C17H19F3N2O3S. The van der Waals surface area contributed by atoms with E-state index < -0.39 is 36.4 Å². The van der Waals surface area contributed by atoms with E-state index in [0.717, 1.165) is 4.90 Å². The van der Waals surface area contributed by atoms with Crippen LogP contribution in [0.15, 0.2) is 41.8 Å². The van der Waals surface area contributed by atoms with E-state index in [1.807, 2.05) is 12.1 Å². The number of nitrogens with one attached hydrogen (secondary N) is 1. The number of rotatable bonds is 7. The molecule has 2 atom stereocenters. The number of likely N-dealkylation sites (tertiary alicyclic amines) is 1. The molecule has 2 N–H and O–H groups in total. The van der Waals surface area contributed by atoms with Gasteiger partial charge < -0.3 is 10.4 Å². The van der Waals surface area contributed by atoms with Gasteiger partial charge in [-0.15, -0.1) is 18.3 Å². The smallest absolute Gasteiger partial charge is 0.393 e. The summed E-state index contributed by atoms with van der Waals surface area (Å²) in [5, 5.41) is 11.7. The summed E-state index contributed by atoms with van der Waals surface area (Å²) in [5.41, 5.74) is 0.561. The Morgan fingerprint density at radius 3 is 2.62 bits per heavy atom. The predicted molar refractivity (Wildman–Crippen MR) is 93.1 cm³/mol. The lowest BCUT2D eigenvalue weighted by Crippen LogP contribution is -2.34. The molecule has 1 aromatic carbocycles. The number of hydrogen-bond acceptors (Lipinski definition) is 4. The first-order valence-electron chi connectivity index (χ1n) is 7.86. The van der Waals surface area contributed by atoms with Crippen molar-refractivity contribution < 1.29 is 27.9 Å². The minimum atomic E-state index is -4.61. The van der Waals surface area contributed by atoms with Crippen LogP contribution in [0.5, 0.6) is 0 Å². The lowest BCUT2D eigenvalue weighted by molar-refractivity contribution is -0.188. The van der Waals surface area contributed by atoms with E-state index in [4.69, 9.17) is 5.11 Å². The normalized spacial score (nSPS) is 20.7. The molecule has 0 aromatic heterocycles. The summed E-state index contributed by atoms with van der Waals surface area (Å²) >= 11 is 1.47. The van der Waals surface area contributed by atoms with Crippen LogP contribution in [0.2, 0.25) is 0 Å². The Labute approximate surface area is 153 Å². The first kappa shape index (κ1) is 20.3. The van der Waals surface area contributed by atoms with Crippen LogP contribution < -0.4 is 5.32 Å². The van der Waals surface area contributed by atoms with Gasteiger partial charge in [-0.25, -0.2) is 0 Å². The summed E-state index contributed by atoms with van der Waals surface area (Å²) in [6.07, 6.45) is -2.89. The largest absolute Gasteiger partial charge is 0.481 e. The third-order valence-corrected chi connectivity index (χ3v) is 5.09. The highest BCUT2D eigenvalue weighted by Crippen LogP contribution is 2.37. The van der Waals surface area contributed by atoms with E-state index in [0.29, 0.717) is 11.4 Å². The van der Waals surface area contributed by atoms with Gasteiger partial charge in [0, 0.05) is 23.7 Å². The van der Waals surface area contributed by atoms with Crippen LogP contribution in [-0.4, -0.2) is 53.4 Å². The summed E-state index contributed by atoms with van der Waals surface area (Å²) in [7, 11) is 0. The Bertz CT molecular complexity index is 681. The van der Waals surface area contributed by atoms with Crippen LogP contribution in [0.25, 0.3) is 0 Å². The molecule has 0 aliphatic carbocycles. The summed E-state index contributed by atoms with van der Waals surface area (Å²) < 4.78 is 39.0. The predicted octanol–water partition coefficient (Wildman–Crippen LogP) is 3.10. The molecule has 0 saturated carbocycles. The number of nitrogens with zero attached hydrogens (tertiary/aromatic N) is 1. The van der Waals surface area contributed by atoms with Crippen molar-refractivity contribution in [3.8, 4) is 0 Å². The maximum atomic E-state index is 13.0. The van der Waals surface area contributed by atoms with Gasteiger partial charge in [-0.3, -0.25) is 14.5 Å². The van der Waals surface area contributed by atoms with Gasteiger partial charge in [0.15, 0.2) is 0 Å². The highest BCUT2D eigenvalue weighted by molar-refractivity contribution is 7.99. The highest BCUT2D eigenvalue weighted by Gasteiger charge is 2.52. The van der Waals surface area contributed by atoms with Gasteiger partial charge in [0.1, 0.15) is 0 Å². The van der Waals surface area contributed by atoms with Gasteiger partial charge in [0.25, 0.3) is 0 Å². The van der Waals surface area contributed by atoms with E-state index in [1.54, 1.807) is 18.2 Å².